The van der Waals surface area contributed by atoms with E-state index in [-0.39, 0.29) is 30.2 Å². The van der Waals surface area contributed by atoms with Gasteiger partial charge in [0, 0.05) is 6.42 Å². The molecule has 236 valence electrons. The van der Waals surface area contributed by atoms with E-state index in [9.17, 15) is 4.79 Å². The molecule has 0 saturated carbocycles. The molecule has 0 fully saturated rings. The van der Waals surface area contributed by atoms with Crippen LogP contribution in [0.3, 0.4) is 0 Å². The highest BCUT2D eigenvalue weighted by Gasteiger charge is 2.27. The second-order valence-electron chi connectivity index (χ2n) is 11.2. The van der Waals surface area contributed by atoms with Gasteiger partial charge in [0.25, 0.3) is 0 Å². The van der Waals surface area contributed by atoms with Crippen LogP contribution in [0.15, 0.2) is 30.3 Å². The molecule has 5 nitrogen and oxygen atoms in total. The number of hydrogen-bond acceptors (Lipinski definition) is 5. The molecule has 0 heterocycles. The first-order chi connectivity index (χ1) is 20.3. The second-order valence-corrected chi connectivity index (χ2v) is 11.2. The number of hydrogen-bond donors (Lipinski definition) is 0. The molecule has 0 unspecified atom stereocenters. The molecule has 0 atom stereocenters. The van der Waals surface area contributed by atoms with Crippen molar-refractivity contribution in [3.8, 4) is 23.0 Å². The quantitative estimate of drug-likeness (QED) is 0.137. The molecule has 0 spiro atoms. The summed E-state index contributed by atoms with van der Waals surface area (Å²) in [4.78, 5) is 14.3. The molecule has 0 amide bonds. The van der Waals surface area contributed by atoms with Gasteiger partial charge in [0.15, 0.2) is 17.3 Å². The summed E-state index contributed by atoms with van der Waals surface area (Å²) < 4.78 is 26.0. The summed E-state index contributed by atoms with van der Waals surface area (Å²) in [6.07, 6.45) is 9.08. The van der Waals surface area contributed by atoms with Crippen LogP contribution in [-0.2, 0) is 12.8 Å². The number of ketones is 1. The summed E-state index contributed by atoms with van der Waals surface area (Å²) in [5.74, 6) is 2.62. The Kier molecular flexibility index (Phi) is 15.9. The van der Waals surface area contributed by atoms with Gasteiger partial charge in [-0.1, -0.05) is 74.4 Å². The van der Waals surface area contributed by atoms with Gasteiger partial charge in [-0.25, -0.2) is 0 Å². The van der Waals surface area contributed by atoms with Crippen molar-refractivity contribution in [2.24, 2.45) is 0 Å². The number of rotatable bonds is 21. The molecule has 2 rings (SSSR count). The van der Waals surface area contributed by atoms with Crippen LogP contribution in [-0.4, -0.2) is 30.2 Å². The summed E-state index contributed by atoms with van der Waals surface area (Å²) in [7, 11) is 0. The highest BCUT2D eigenvalue weighted by atomic mass is 16.5. The lowest BCUT2D eigenvalue weighted by Gasteiger charge is -2.26. The Morgan fingerprint density at radius 3 is 1.50 bits per heavy atom. The van der Waals surface area contributed by atoms with E-state index in [1.807, 2.05) is 12.1 Å². The first-order valence-corrected chi connectivity index (χ1v) is 16.8. The first kappa shape index (κ1) is 35.5. The van der Waals surface area contributed by atoms with Crippen LogP contribution in [0.4, 0.5) is 0 Å². The lowest BCUT2D eigenvalue weighted by atomic mass is 9.98. The summed E-state index contributed by atoms with van der Waals surface area (Å²) in [6, 6.07) is 10.2. The lowest BCUT2D eigenvalue weighted by Crippen LogP contribution is -2.21. The van der Waals surface area contributed by atoms with Gasteiger partial charge in [-0.3, -0.25) is 4.79 Å². The summed E-state index contributed by atoms with van der Waals surface area (Å²) >= 11 is 0. The van der Waals surface area contributed by atoms with E-state index in [0.717, 1.165) is 69.1 Å². The normalized spacial score (nSPS) is 11.5. The molecular weight excluding hydrogens is 524 g/mol. The highest BCUT2D eigenvalue weighted by Crippen LogP contribution is 2.42. The van der Waals surface area contributed by atoms with E-state index in [2.05, 4.69) is 80.5 Å². The molecule has 0 aromatic heterocycles. The Morgan fingerprint density at radius 2 is 1.00 bits per heavy atom. The first-order valence-electron chi connectivity index (χ1n) is 16.8. The van der Waals surface area contributed by atoms with E-state index in [1.54, 1.807) is 0 Å². The van der Waals surface area contributed by atoms with Crippen LogP contribution in [0.25, 0.3) is 0 Å². The molecule has 0 aliphatic heterocycles. The number of carbonyl (C=O) groups excluding carboxylic acids is 1. The van der Waals surface area contributed by atoms with E-state index in [4.69, 9.17) is 18.9 Å². The Morgan fingerprint density at radius 1 is 0.571 bits per heavy atom. The predicted octanol–water partition coefficient (Wildman–Crippen LogP) is 10.3. The van der Waals surface area contributed by atoms with Crippen LogP contribution in [0.1, 0.15) is 142 Å². The second kappa shape index (κ2) is 18.8. The van der Waals surface area contributed by atoms with Crippen molar-refractivity contribution in [2.75, 3.05) is 0 Å². The highest BCUT2D eigenvalue weighted by molar-refractivity contribution is 6.02. The molecule has 5 heteroatoms. The van der Waals surface area contributed by atoms with Gasteiger partial charge in [0.1, 0.15) is 17.1 Å². The maximum Gasteiger partial charge on any atom is 0.176 e. The van der Waals surface area contributed by atoms with Gasteiger partial charge < -0.3 is 18.9 Å². The number of Topliss-reactive ketones (excluding diaryl/α,β-unsaturated/α-hetero) is 1. The third-order valence-corrected chi connectivity index (χ3v) is 8.32. The fraction of sp³-hybridized carbons (Fsp3) is 0.649. The minimum absolute atomic E-state index is 0.00212. The third-order valence-electron chi connectivity index (χ3n) is 8.32. The van der Waals surface area contributed by atoms with Gasteiger partial charge >= 0.3 is 0 Å². The topological polar surface area (TPSA) is 54.0 Å². The smallest absolute Gasteiger partial charge is 0.176 e. The van der Waals surface area contributed by atoms with E-state index in [0.29, 0.717) is 35.7 Å². The monoisotopic (exact) mass is 582 g/mol. The molecule has 42 heavy (non-hydrogen) atoms. The van der Waals surface area contributed by atoms with E-state index >= 15 is 0 Å². The zero-order valence-electron chi connectivity index (χ0n) is 28.0. The summed E-state index contributed by atoms with van der Waals surface area (Å²) in [5, 5.41) is 0. The zero-order valence-corrected chi connectivity index (χ0v) is 28.0. The third kappa shape index (κ3) is 9.95. The maximum absolute atomic E-state index is 14.3. The van der Waals surface area contributed by atoms with Gasteiger partial charge in [-0.05, 0) is 93.5 Å². The van der Waals surface area contributed by atoms with Gasteiger partial charge in [-0.15, -0.1) is 0 Å². The van der Waals surface area contributed by atoms with Crippen molar-refractivity contribution in [2.45, 2.75) is 157 Å². The molecule has 2 aromatic rings. The summed E-state index contributed by atoms with van der Waals surface area (Å²) in [6.45, 7) is 19.2. The number of benzene rings is 2. The SMILES string of the molecule is CCc1ccc(OC(CC)CC)c(CCC(=O)c2c(OC(CC)CC)ccc(OC(CC)CC)c2OC(CC)CC)c1. The molecule has 0 saturated heterocycles. The molecular formula is C37H58O5. The van der Waals surface area contributed by atoms with Crippen molar-refractivity contribution in [1.29, 1.82) is 0 Å². The van der Waals surface area contributed by atoms with Gasteiger partial charge in [0.05, 0.1) is 24.4 Å². The molecule has 0 bridgehead atoms. The minimum atomic E-state index is -0.0229. The predicted molar refractivity (Wildman–Crippen MR) is 175 cm³/mol. The van der Waals surface area contributed by atoms with Crippen molar-refractivity contribution in [1.82, 2.24) is 0 Å². The molecule has 0 radical (unpaired) electrons. The van der Waals surface area contributed by atoms with Crippen LogP contribution in [0, 0.1) is 0 Å². The fourth-order valence-corrected chi connectivity index (χ4v) is 5.18. The maximum atomic E-state index is 14.3. The Hall–Kier alpha value is -2.69. The Labute approximate surface area is 256 Å². The fourth-order valence-electron chi connectivity index (χ4n) is 5.18. The summed E-state index contributed by atoms with van der Waals surface area (Å²) in [5.41, 5.74) is 2.82. The molecule has 0 aliphatic rings. The molecule has 2 aromatic carbocycles. The average Bonchev–Trinajstić information content (AvgIpc) is 3.03. The standard InChI is InChI=1S/C37H58O5/c1-10-26-19-22-33(39-28(11-2)12-3)27(25-26)20-21-32(38)36-34(40-29(13-4)14-5)23-24-35(41-30(15-6)16-7)37(36)42-31(17-8)18-9/h19,22-25,28-31H,10-18,20-21H2,1-9H3. The van der Waals surface area contributed by atoms with Crippen molar-refractivity contribution in [3.05, 3.63) is 47.0 Å². The van der Waals surface area contributed by atoms with Crippen LogP contribution in [0.5, 0.6) is 23.0 Å². The van der Waals surface area contributed by atoms with Crippen LogP contribution in [0.2, 0.25) is 0 Å². The van der Waals surface area contributed by atoms with E-state index < -0.39 is 0 Å². The number of aryl methyl sites for hydroxylation is 2. The number of carbonyl (C=O) groups is 1. The Bertz CT molecular complexity index is 1060. The minimum Gasteiger partial charge on any atom is -0.490 e. The largest absolute Gasteiger partial charge is 0.490 e. The molecule has 0 aliphatic carbocycles. The van der Waals surface area contributed by atoms with Gasteiger partial charge in [-0.2, -0.15) is 0 Å². The zero-order chi connectivity index (χ0) is 31.1. The lowest BCUT2D eigenvalue weighted by molar-refractivity contribution is 0.0958. The average molecular weight is 583 g/mol. The van der Waals surface area contributed by atoms with Crippen molar-refractivity contribution < 1.29 is 23.7 Å². The van der Waals surface area contributed by atoms with Crippen LogP contribution < -0.4 is 18.9 Å². The van der Waals surface area contributed by atoms with Gasteiger partial charge in [0.2, 0.25) is 0 Å². The van der Waals surface area contributed by atoms with Crippen LogP contribution >= 0.6 is 0 Å². The van der Waals surface area contributed by atoms with Crippen molar-refractivity contribution in [3.63, 3.8) is 0 Å². The van der Waals surface area contributed by atoms with Crippen molar-refractivity contribution >= 4 is 5.78 Å². The molecule has 0 N–H and O–H groups in total. The number of ether oxygens (including phenoxy) is 4. The van der Waals surface area contributed by atoms with E-state index in [1.165, 1.54) is 5.56 Å². The Balaban J connectivity index is 2.60.